The van der Waals surface area contributed by atoms with Gasteiger partial charge in [-0.3, -0.25) is 4.79 Å². The van der Waals surface area contributed by atoms with E-state index < -0.39 is 11.9 Å². The standard InChI is InChI=1S/C13H13ClN2O3/c1-2-3-4-7-12(18)19-9-11(17)16-10-6-5-8-15-13(10)14/h2-8H,9H2,1H3,(H,16,17). The van der Waals surface area contributed by atoms with Crippen molar-refractivity contribution in [1.29, 1.82) is 0 Å². The smallest absolute Gasteiger partial charge is 0.331 e. The number of hydrogen-bond donors (Lipinski definition) is 1. The summed E-state index contributed by atoms with van der Waals surface area (Å²) in [4.78, 5) is 26.5. The summed E-state index contributed by atoms with van der Waals surface area (Å²) in [7, 11) is 0. The van der Waals surface area contributed by atoms with E-state index >= 15 is 0 Å². The van der Waals surface area contributed by atoms with E-state index in [1.807, 2.05) is 6.92 Å². The number of amides is 1. The third kappa shape index (κ3) is 5.83. The molecule has 1 N–H and O–H groups in total. The van der Waals surface area contributed by atoms with Crippen molar-refractivity contribution in [1.82, 2.24) is 4.98 Å². The van der Waals surface area contributed by atoms with E-state index in [4.69, 9.17) is 16.3 Å². The summed E-state index contributed by atoms with van der Waals surface area (Å²) in [6, 6.07) is 3.23. The van der Waals surface area contributed by atoms with Crippen LogP contribution < -0.4 is 5.32 Å². The number of carbonyl (C=O) groups is 2. The summed E-state index contributed by atoms with van der Waals surface area (Å²) in [5.74, 6) is -1.08. The van der Waals surface area contributed by atoms with Gasteiger partial charge in [0.2, 0.25) is 0 Å². The van der Waals surface area contributed by atoms with Crippen LogP contribution in [0.15, 0.2) is 42.6 Å². The first-order valence-electron chi connectivity index (χ1n) is 5.50. The number of allylic oxidation sites excluding steroid dienone is 3. The summed E-state index contributed by atoms with van der Waals surface area (Å²) in [5.41, 5.74) is 0.370. The Morgan fingerprint density at radius 3 is 2.95 bits per heavy atom. The number of nitrogens with zero attached hydrogens (tertiary/aromatic N) is 1. The van der Waals surface area contributed by atoms with Crippen molar-refractivity contribution in [3.63, 3.8) is 0 Å². The van der Waals surface area contributed by atoms with Crippen molar-refractivity contribution in [2.24, 2.45) is 0 Å². The van der Waals surface area contributed by atoms with Gasteiger partial charge < -0.3 is 10.1 Å². The molecule has 1 rings (SSSR count). The van der Waals surface area contributed by atoms with E-state index in [1.54, 1.807) is 24.3 Å². The molecule has 0 aromatic carbocycles. The summed E-state index contributed by atoms with van der Waals surface area (Å²) in [6.07, 6.45) is 7.70. The van der Waals surface area contributed by atoms with Crippen molar-refractivity contribution in [3.05, 3.63) is 47.8 Å². The van der Waals surface area contributed by atoms with Gasteiger partial charge in [-0.1, -0.05) is 29.8 Å². The predicted octanol–water partition coefficient (Wildman–Crippen LogP) is 2.35. The number of aromatic nitrogens is 1. The summed E-state index contributed by atoms with van der Waals surface area (Å²) < 4.78 is 4.73. The minimum absolute atomic E-state index is 0.176. The lowest BCUT2D eigenvalue weighted by Crippen LogP contribution is -2.20. The Bertz CT molecular complexity index is 512. The Morgan fingerprint density at radius 2 is 2.26 bits per heavy atom. The van der Waals surface area contributed by atoms with Crippen LogP contribution in [0, 0.1) is 0 Å². The van der Waals surface area contributed by atoms with Crippen LogP contribution in [0.4, 0.5) is 5.69 Å². The third-order valence-electron chi connectivity index (χ3n) is 1.91. The zero-order chi connectivity index (χ0) is 14.1. The molecule has 100 valence electrons. The maximum Gasteiger partial charge on any atom is 0.331 e. The first-order valence-corrected chi connectivity index (χ1v) is 5.87. The molecule has 0 aliphatic rings. The Kier molecular flexibility index (Phi) is 6.32. The molecule has 0 unspecified atom stereocenters. The molecule has 1 heterocycles. The van der Waals surface area contributed by atoms with E-state index in [-0.39, 0.29) is 11.8 Å². The average Bonchev–Trinajstić information content (AvgIpc) is 2.39. The molecule has 19 heavy (non-hydrogen) atoms. The Hall–Kier alpha value is -2.14. The second-order valence-electron chi connectivity index (χ2n) is 3.38. The van der Waals surface area contributed by atoms with Gasteiger partial charge in [0, 0.05) is 12.3 Å². The molecule has 0 saturated heterocycles. The molecule has 5 nitrogen and oxygen atoms in total. The lowest BCUT2D eigenvalue weighted by atomic mass is 10.4. The Labute approximate surface area is 115 Å². The van der Waals surface area contributed by atoms with Crippen molar-refractivity contribution in [2.45, 2.75) is 6.92 Å². The van der Waals surface area contributed by atoms with Crippen LogP contribution in [0.25, 0.3) is 0 Å². The van der Waals surface area contributed by atoms with E-state index in [9.17, 15) is 9.59 Å². The van der Waals surface area contributed by atoms with Crippen molar-refractivity contribution < 1.29 is 14.3 Å². The molecule has 0 spiro atoms. The van der Waals surface area contributed by atoms with Gasteiger partial charge in [0.25, 0.3) is 5.91 Å². The highest BCUT2D eigenvalue weighted by molar-refractivity contribution is 6.32. The highest BCUT2D eigenvalue weighted by Crippen LogP contribution is 2.16. The molecule has 1 aromatic heterocycles. The van der Waals surface area contributed by atoms with Crippen molar-refractivity contribution in [3.8, 4) is 0 Å². The van der Waals surface area contributed by atoms with Crippen LogP contribution in [0.3, 0.4) is 0 Å². The van der Waals surface area contributed by atoms with Crippen molar-refractivity contribution in [2.75, 3.05) is 11.9 Å². The van der Waals surface area contributed by atoms with E-state index in [1.165, 1.54) is 18.3 Å². The number of ether oxygens (including phenoxy) is 1. The molecule has 0 aliphatic carbocycles. The minimum Gasteiger partial charge on any atom is -0.452 e. The number of carbonyl (C=O) groups excluding carboxylic acids is 2. The fourth-order valence-corrected chi connectivity index (χ4v) is 1.26. The number of halogens is 1. The van der Waals surface area contributed by atoms with Gasteiger partial charge in [0.15, 0.2) is 11.8 Å². The largest absolute Gasteiger partial charge is 0.452 e. The van der Waals surface area contributed by atoms with Crippen LogP contribution in [0.5, 0.6) is 0 Å². The number of esters is 1. The van der Waals surface area contributed by atoms with E-state index in [0.717, 1.165) is 0 Å². The molecule has 0 aliphatic heterocycles. The SMILES string of the molecule is CC=CC=CC(=O)OCC(=O)Nc1cccnc1Cl. The lowest BCUT2D eigenvalue weighted by Gasteiger charge is -2.05. The van der Waals surface area contributed by atoms with Gasteiger partial charge >= 0.3 is 5.97 Å². The fraction of sp³-hybridized carbons (Fsp3) is 0.154. The molecule has 0 fully saturated rings. The van der Waals surface area contributed by atoms with Gasteiger partial charge in [0.1, 0.15) is 0 Å². The lowest BCUT2D eigenvalue weighted by molar-refractivity contribution is -0.142. The first kappa shape index (κ1) is 14.9. The third-order valence-corrected chi connectivity index (χ3v) is 2.22. The zero-order valence-corrected chi connectivity index (χ0v) is 11.1. The summed E-state index contributed by atoms with van der Waals surface area (Å²) >= 11 is 5.76. The number of hydrogen-bond acceptors (Lipinski definition) is 4. The molecule has 0 saturated carbocycles. The van der Waals surface area contributed by atoms with Gasteiger partial charge in [-0.05, 0) is 19.1 Å². The van der Waals surface area contributed by atoms with Crippen molar-refractivity contribution >= 4 is 29.2 Å². The summed E-state index contributed by atoms with van der Waals surface area (Å²) in [6.45, 7) is 1.44. The zero-order valence-electron chi connectivity index (χ0n) is 10.3. The molecular weight excluding hydrogens is 268 g/mol. The van der Waals surface area contributed by atoms with Crippen LogP contribution in [0.2, 0.25) is 5.15 Å². The highest BCUT2D eigenvalue weighted by Gasteiger charge is 2.07. The maximum atomic E-state index is 11.5. The Morgan fingerprint density at radius 1 is 1.47 bits per heavy atom. The van der Waals surface area contributed by atoms with Gasteiger partial charge in [-0.2, -0.15) is 0 Å². The highest BCUT2D eigenvalue weighted by atomic mass is 35.5. The average molecular weight is 281 g/mol. The monoisotopic (exact) mass is 280 g/mol. The topological polar surface area (TPSA) is 68.3 Å². The first-order chi connectivity index (χ1) is 9.13. The fourth-order valence-electron chi connectivity index (χ4n) is 1.10. The normalized spacial score (nSPS) is 10.8. The molecule has 6 heteroatoms. The molecule has 1 amide bonds. The molecule has 0 radical (unpaired) electrons. The van der Waals surface area contributed by atoms with Crippen LogP contribution >= 0.6 is 11.6 Å². The molecule has 0 atom stereocenters. The van der Waals surface area contributed by atoms with Crippen LogP contribution in [-0.4, -0.2) is 23.5 Å². The Balaban J connectivity index is 2.40. The molecule has 0 bridgehead atoms. The van der Waals surface area contributed by atoms with E-state index in [2.05, 4.69) is 10.3 Å². The second-order valence-corrected chi connectivity index (χ2v) is 3.74. The molecular formula is C13H13ClN2O3. The van der Waals surface area contributed by atoms with Crippen LogP contribution in [0.1, 0.15) is 6.92 Å². The number of nitrogens with one attached hydrogen (secondary N) is 1. The minimum atomic E-state index is -0.592. The van der Waals surface area contributed by atoms with Gasteiger partial charge in [-0.15, -0.1) is 0 Å². The second kappa shape index (κ2) is 8.05. The number of rotatable bonds is 5. The van der Waals surface area contributed by atoms with Crippen LogP contribution in [-0.2, 0) is 14.3 Å². The van der Waals surface area contributed by atoms with Gasteiger partial charge in [0.05, 0.1) is 5.69 Å². The van der Waals surface area contributed by atoms with Gasteiger partial charge in [-0.25, -0.2) is 9.78 Å². The van der Waals surface area contributed by atoms with E-state index in [0.29, 0.717) is 5.69 Å². The maximum absolute atomic E-state index is 11.5. The quantitative estimate of drug-likeness (QED) is 0.389. The summed E-state index contributed by atoms with van der Waals surface area (Å²) in [5, 5.41) is 2.66. The molecule has 1 aromatic rings. The predicted molar refractivity (Wildman–Crippen MR) is 72.8 cm³/mol. The number of anilines is 1. The number of pyridine rings is 1.